The number of nitrogens with zero attached hydrogens (tertiary/aromatic N) is 1. The largest absolute Gasteiger partial charge is 0.325 e. The van der Waals surface area contributed by atoms with Gasteiger partial charge in [-0.3, -0.25) is 4.90 Å². The summed E-state index contributed by atoms with van der Waals surface area (Å²) in [5.41, 5.74) is 6.44. The van der Waals surface area contributed by atoms with E-state index in [1.54, 1.807) is 0 Å². The zero-order valence-corrected chi connectivity index (χ0v) is 12.5. The Balaban J connectivity index is 1.98. The number of rotatable bonds is 2. The summed E-state index contributed by atoms with van der Waals surface area (Å²) >= 11 is 0. The zero-order chi connectivity index (χ0) is 13.6. The van der Waals surface area contributed by atoms with Gasteiger partial charge in [-0.25, -0.2) is 8.42 Å². The Bertz CT molecular complexity index is 395. The van der Waals surface area contributed by atoms with Crippen molar-refractivity contribution in [1.29, 1.82) is 0 Å². The minimum atomic E-state index is -2.92. The van der Waals surface area contributed by atoms with Crippen LogP contribution in [0.3, 0.4) is 0 Å². The molecule has 0 aromatic carbocycles. The zero-order valence-electron chi connectivity index (χ0n) is 11.7. The minimum Gasteiger partial charge on any atom is -0.325 e. The normalized spacial score (nSPS) is 36.1. The van der Waals surface area contributed by atoms with E-state index in [-0.39, 0.29) is 23.6 Å². The maximum absolute atomic E-state index is 11.6. The summed E-state index contributed by atoms with van der Waals surface area (Å²) in [7, 11) is -0.868. The third-order valence-electron chi connectivity index (χ3n) is 4.77. The highest BCUT2D eigenvalue weighted by atomic mass is 32.2. The van der Waals surface area contributed by atoms with Gasteiger partial charge in [0.1, 0.15) is 0 Å². The molecule has 2 rings (SSSR count). The number of sulfone groups is 1. The molecule has 0 aromatic rings. The predicted octanol–water partition coefficient (Wildman–Crippen LogP) is 1.01. The average molecular weight is 274 g/mol. The second-order valence-corrected chi connectivity index (χ2v) is 9.02. The fraction of sp³-hybridized carbons (Fsp3) is 1.00. The molecule has 0 aromatic heterocycles. The molecule has 106 valence electrons. The molecule has 1 aliphatic heterocycles. The standard InChI is InChI=1S/C13H26N2O2S/c1-13(2)6-4-10(5-7-13)15(3)12-9-18(16,17)8-11(12)14/h10-12H,4-9,14H2,1-3H3. The molecule has 2 fully saturated rings. The molecule has 0 amide bonds. The molecule has 2 N–H and O–H groups in total. The molecule has 0 radical (unpaired) electrons. The van der Waals surface area contributed by atoms with E-state index in [1.165, 1.54) is 12.8 Å². The Morgan fingerprint density at radius 3 is 2.17 bits per heavy atom. The Labute approximate surface area is 111 Å². The predicted molar refractivity (Wildman–Crippen MR) is 74.2 cm³/mol. The van der Waals surface area contributed by atoms with Crippen molar-refractivity contribution in [3.05, 3.63) is 0 Å². The van der Waals surface area contributed by atoms with Crippen molar-refractivity contribution in [3.8, 4) is 0 Å². The summed E-state index contributed by atoms with van der Waals surface area (Å²) in [5.74, 6) is 0.394. The fourth-order valence-electron chi connectivity index (χ4n) is 3.34. The van der Waals surface area contributed by atoms with Crippen molar-refractivity contribution in [3.63, 3.8) is 0 Å². The number of hydrogen-bond donors (Lipinski definition) is 1. The van der Waals surface area contributed by atoms with Gasteiger partial charge in [0.05, 0.1) is 11.5 Å². The first-order valence-corrected chi connectivity index (χ1v) is 8.70. The summed E-state index contributed by atoms with van der Waals surface area (Å²) < 4.78 is 23.3. The molecule has 18 heavy (non-hydrogen) atoms. The fourth-order valence-corrected chi connectivity index (χ4v) is 5.29. The van der Waals surface area contributed by atoms with Crippen molar-refractivity contribution in [1.82, 2.24) is 4.90 Å². The average Bonchev–Trinajstić information content (AvgIpc) is 2.51. The van der Waals surface area contributed by atoms with E-state index in [0.717, 1.165) is 12.8 Å². The smallest absolute Gasteiger partial charge is 0.153 e. The molecule has 2 atom stereocenters. The highest BCUT2D eigenvalue weighted by Crippen LogP contribution is 2.37. The summed E-state index contributed by atoms with van der Waals surface area (Å²) in [6.07, 6.45) is 4.76. The quantitative estimate of drug-likeness (QED) is 0.816. The molecule has 1 heterocycles. The van der Waals surface area contributed by atoms with Crippen LogP contribution in [0.1, 0.15) is 39.5 Å². The summed E-state index contributed by atoms with van der Waals surface area (Å²) in [6.45, 7) is 4.63. The van der Waals surface area contributed by atoms with Crippen molar-refractivity contribution in [2.75, 3.05) is 18.6 Å². The van der Waals surface area contributed by atoms with Crippen LogP contribution in [0, 0.1) is 5.41 Å². The Morgan fingerprint density at radius 2 is 1.72 bits per heavy atom. The Kier molecular flexibility index (Phi) is 3.78. The second-order valence-electron chi connectivity index (χ2n) is 6.87. The van der Waals surface area contributed by atoms with E-state index < -0.39 is 9.84 Å². The van der Waals surface area contributed by atoms with Crippen LogP contribution in [-0.2, 0) is 9.84 Å². The number of likely N-dealkylation sites (N-methyl/N-ethyl adjacent to an activating group) is 1. The van der Waals surface area contributed by atoms with E-state index in [4.69, 9.17) is 5.73 Å². The lowest BCUT2D eigenvalue weighted by Gasteiger charge is -2.41. The van der Waals surface area contributed by atoms with Gasteiger partial charge < -0.3 is 5.73 Å². The maximum atomic E-state index is 11.6. The van der Waals surface area contributed by atoms with Crippen LogP contribution in [-0.4, -0.2) is 50.0 Å². The molecule has 5 heteroatoms. The van der Waals surface area contributed by atoms with Gasteiger partial charge in [-0.05, 0) is 38.1 Å². The Morgan fingerprint density at radius 1 is 1.17 bits per heavy atom. The third kappa shape index (κ3) is 3.06. The van der Waals surface area contributed by atoms with E-state index in [9.17, 15) is 8.42 Å². The van der Waals surface area contributed by atoms with E-state index in [1.807, 2.05) is 7.05 Å². The number of nitrogens with two attached hydrogens (primary N) is 1. The van der Waals surface area contributed by atoms with Crippen LogP contribution in [0.25, 0.3) is 0 Å². The van der Waals surface area contributed by atoms with Crippen LogP contribution in [0.4, 0.5) is 0 Å². The second kappa shape index (κ2) is 4.76. The van der Waals surface area contributed by atoms with Gasteiger partial charge in [-0.2, -0.15) is 0 Å². The molecular weight excluding hydrogens is 248 g/mol. The minimum absolute atomic E-state index is 0.0150. The van der Waals surface area contributed by atoms with Gasteiger partial charge in [-0.15, -0.1) is 0 Å². The number of hydrogen-bond acceptors (Lipinski definition) is 4. The van der Waals surface area contributed by atoms with E-state index in [0.29, 0.717) is 11.5 Å². The first-order chi connectivity index (χ1) is 8.20. The molecule has 2 aliphatic rings. The molecule has 4 nitrogen and oxygen atoms in total. The molecule has 0 bridgehead atoms. The highest BCUT2D eigenvalue weighted by Gasteiger charge is 2.40. The van der Waals surface area contributed by atoms with Crippen molar-refractivity contribution >= 4 is 9.84 Å². The van der Waals surface area contributed by atoms with Gasteiger partial charge in [0.2, 0.25) is 0 Å². The summed E-state index contributed by atoms with van der Waals surface area (Å²) in [5, 5.41) is 0. The lowest BCUT2D eigenvalue weighted by Crippen LogP contribution is -2.50. The van der Waals surface area contributed by atoms with Crippen LogP contribution in [0.15, 0.2) is 0 Å². The van der Waals surface area contributed by atoms with Crippen molar-refractivity contribution in [2.24, 2.45) is 11.1 Å². The van der Waals surface area contributed by atoms with Gasteiger partial charge in [0.15, 0.2) is 9.84 Å². The van der Waals surface area contributed by atoms with Gasteiger partial charge in [0.25, 0.3) is 0 Å². The summed E-state index contributed by atoms with van der Waals surface area (Å²) in [4.78, 5) is 2.24. The first kappa shape index (κ1) is 14.3. The molecule has 1 saturated carbocycles. The molecule has 1 aliphatic carbocycles. The van der Waals surface area contributed by atoms with Crippen LogP contribution in [0.5, 0.6) is 0 Å². The third-order valence-corrected chi connectivity index (χ3v) is 6.52. The summed E-state index contributed by atoms with van der Waals surface area (Å²) in [6, 6.07) is 0.304. The molecule has 0 spiro atoms. The SMILES string of the molecule is CN(C1CCC(C)(C)CC1)C1CS(=O)(=O)CC1N. The topological polar surface area (TPSA) is 63.4 Å². The van der Waals surface area contributed by atoms with Crippen molar-refractivity contribution in [2.45, 2.75) is 57.7 Å². The Hall–Kier alpha value is -0.130. The van der Waals surface area contributed by atoms with Crippen LogP contribution in [0.2, 0.25) is 0 Å². The van der Waals surface area contributed by atoms with Gasteiger partial charge in [0, 0.05) is 18.1 Å². The lowest BCUT2D eigenvalue weighted by molar-refractivity contribution is 0.0969. The monoisotopic (exact) mass is 274 g/mol. The molecular formula is C13H26N2O2S. The molecule has 2 unspecified atom stereocenters. The van der Waals surface area contributed by atoms with Crippen molar-refractivity contribution < 1.29 is 8.42 Å². The lowest BCUT2D eigenvalue weighted by atomic mass is 9.75. The van der Waals surface area contributed by atoms with E-state index >= 15 is 0 Å². The highest BCUT2D eigenvalue weighted by molar-refractivity contribution is 7.91. The molecule has 1 saturated heterocycles. The maximum Gasteiger partial charge on any atom is 0.153 e. The van der Waals surface area contributed by atoms with Crippen LogP contribution >= 0.6 is 0 Å². The first-order valence-electron chi connectivity index (χ1n) is 6.88. The van der Waals surface area contributed by atoms with Gasteiger partial charge in [-0.1, -0.05) is 13.8 Å². The van der Waals surface area contributed by atoms with Gasteiger partial charge >= 0.3 is 0 Å². The van der Waals surface area contributed by atoms with E-state index in [2.05, 4.69) is 18.7 Å². The van der Waals surface area contributed by atoms with Crippen LogP contribution < -0.4 is 5.73 Å².